The zero-order valence-corrected chi connectivity index (χ0v) is 9.66. The van der Waals surface area contributed by atoms with E-state index in [0.29, 0.717) is 6.04 Å². The van der Waals surface area contributed by atoms with Gasteiger partial charge in [0.05, 0.1) is 0 Å². The van der Waals surface area contributed by atoms with Gasteiger partial charge in [-0.05, 0) is 38.9 Å². The van der Waals surface area contributed by atoms with Crippen LogP contribution < -0.4 is 5.32 Å². The molecule has 3 nitrogen and oxygen atoms in total. The van der Waals surface area contributed by atoms with E-state index in [1.807, 2.05) is 6.20 Å². The molecule has 84 valence electrons. The Kier molecular flexibility index (Phi) is 3.44. The molecule has 0 bridgehead atoms. The minimum absolute atomic E-state index is 0.526. The van der Waals surface area contributed by atoms with Crippen molar-refractivity contribution < 1.29 is 0 Å². The smallest absolute Gasteiger partial charge is 0.0470 e. The highest BCUT2D eigenvalue weighted by atomic mass is 15.2. The maximum Gasteiger partial charge on any atom is 0.0470 e. The summed E-state index contributed by atoms with van der Waals surface area (Å²) in [6.45, 7) is 4.68. The maximum absolute atomic E-state index is 3.36. The van der Waals surface area contributed by atoms with Gasteiger partial charge in [-0.25, -0.2) is 0 Å². The van der Waals surface area contributed by atoms with Gasteiger partial charge in [0.25, 0.3) is 0 Å². The molecule has 1 aromatic heterocycles. The van der Waals surface area contributed by atoms with E-state index in [4.69, 9.17) is 0 Å². The van der Waals surface area contributed by atoms with Gasteiger partial charge in [0, 0.05) is 37.1 Å². The molecule has 15 heavy (non-hydrogen) atoms. The Hall–Kier alpha value is -0.800. The fraction of sp³-hybridized carbons (Fsp3) is 0.667. The van der Waals surface area contributed by atoms with E-state index in [2.05, 4.69) is 41.3 Å². The van der Waals surface area contributed by atoms with E-state index in [9.17, 15) is 0 Å². The molecule has 0 aliphatic carbocycles. The number of piperidine rings is 1. The molecule has 2 heterocycles. The highest BCUT2D eigenvalue weighted by Crippen LogP contribution is 2.22. The minimum atomic E-state index is 0.526. The second-order valence-corrected chi connectivity index (χ2v) is 4.40. The van der Waals surface area contributed by atoms with Crippen LogP contribution in [-0.4, -0.2) is 36.1 Å². The molecule has 1 aliphatic rings. The van der Waals surface area contributed by atoms with Gasteiger partial charge in [-0.15, -0.1) is 0 Å². The van der Waals surface area contributed by atoms with Crippen LogP contribution in [0.5, 0.6) is 0 Å². The Morgan fingerprint density at radius 2 is 2.20 bits per heavy atom. The maximum atomic E-state index is 3.36. The van der Waals surface area contributed by atoms with Gasteiger partial charge in [0.1, 0.15) is 0 Å². The number of hydrogen-bond donors (Lipinski definition) is 2. The SMILES string of the molecule is CNC1CCN([C@@H](C)c2ccc[nH]2)CC1. The van der Waals surface area contributed by atoms with Crippen LogP contribution in [0.2, 0.25) is 0 Å². The first-order valence-corrected chi connectivity index (χ1v) is 5.86. The summed E-state index contributed by atoms with van der Waals surface area (Å²) in [5, 5.41) is 3.36. The van der Waals surface area contributed by atoms with Gasteiger partial charge in [-0.2, -0.15) is 0 Å². The zero-order chi connectivity index (χ0) is 10.7. The van der Waals surface area contributed by atoms with Crippen LogP contribution in [0.3, 0.4) is 0 Å². The second-order valence-electron chi connectivity index (χ2n) is 4.40. The normalized spacial score (nSPS) is 21.7. The summed E-state index contributed by atoms with van der Waals surface area (Å²) in [7, 11) is 2.06. The van der Waals surface area contributed by atoms with Crippen molar-refractivity contribution in [2.75, 3.05) is 20.1 Å². The van der Waals surface area contributed by atoms with Crippen LogP contribution in [0.1, 0.15) is 31.5 Å². The average molecular weight is 207 g/mol. The van der Waals surface area contributed by atoms with Gasteiger partial charge in [0.2, 0.25) is 0 Å². The molecular formula is C12H21N3. The quantitative estimate of drug-likeness (QED) is 0.791. The van der Waals surface area contributed by atoms with Crippen molar-refractivity contribution in [1.82, 2.24) is 15.2 Å². The van der Waals surface area contributed by atoms with E-state index >= 15 is 0 Å². The van der Waals surface area contributed by atoms with Crippen LogP contribution in [-0.2, 0) is 0 Å². The first kappa shape index (κ1) is 10.7. The fourth-order valence-corrected chi connectivity index (χ4v) is 2.38. The number of aromatic nitrogens is 1. The first-order chi connectivity index (χ1) is 7.31. The van der Waals surface area contributed by atoms with Gasteiger partial charge < -0.3 is 10.3 Å². The van der Waals surface area contributed by atoms with E-state index in [-0.39, 0.29) is 0 Å². The van der Waals surface area contributed by atoms with Crippen molar-refractivity contribution in [1.29, 1.82) is 0 Å². The zero-order valence-electron chi connectivity index (χ0n) is 9.66. The van der Waals surface area contributed by atoms with Gasteiger partial charge in [-0.3, -0.25) is 4.90 Å². The van der Waals surface area contributed by atoms with Crippen LogP contribution >= 0.6 is 0 Å². The van der Waals surface area contributed by atoms with Gasteiger partial charge in [-0.1, -0.05) is 0 Å². The Bertz CT molecular complexity index is 273. The van der Waals surface area contributed by atoms with E-state index in [1.165, 1.54) is 31.6 Å². The van der Waals surface area contributed by atoms with Gasteiger partial charge >= 0.3 is 0 Å². The second kappa shape index (κ2) is 4.81. The Balaban J connectivity index is 1.90. The fourth-order valence-electron chi connectivity index (χ4n) is 2.38. The molecule has 2 rings (SSSR count). The van der Waals surface area contributed by atoms with E-state index in [0.717, 1.165) is 6.04 Å². The summed E-state index contributed by atoms with van der Waals surface area (Å²) in [5.74, 6) is 0. The molecule has 1 fully saturated rings. The van der Waals surface area contributed by atoms with Crippen molar-refractivity contribution in [2.45, 2.75) is 31.8 Å². The topological polar surface area (TPSA) is 31.1 Å². The molecule has 1 atom stereocenters. The number of nitrogens with zero attached hydrogens (tertiary/aromatic N) is 1. The van der Waals surface area contributed by atoms with Crippen molar-refractivity contribution in [2.24, 2.45) is 0 Å². The lowest BCUT2D eigenvalue weighted by Crippen LogP contribution is -2.42. The molecule has 1 saturated heterocycles. The molecular weight excluding hydrogens is 186 g/mol. The average Bonchev–Trinajstić information content (AvgIpc) is 2.82. The largest absolute Gasteiger partial charge is 0.364 e. The third-order valence-electron chi connectivity index (χ3n) is 3.56. The van der Waals surface area contributed by atoms with E-state index in [1.54, 1.807) is 0 Å². The highest BCUT2D eigenvalue weighted by Gasteiger charge is 2.22. The van der Waals surface area contributed by atoms with Crippen LogP contribution in [0.15, 0.2) is 18.3 Å². The number of nitrogens with one attached hydrogen (secondary N) is 2. The summed E-state index contributed by atoms with van der Waals surface area (Å²) in [4.78, 5) is 5.86. The lowest BCUT2D eigenvalue weighted by Gasteiger charge is -2.35. The predicted octanol–water partition coefficient (Wildman–Crippen LogP) is 1.76. The predicted molar refractivity (Wildman–Crippen MR) is 62.9 cm³/mol. The highest BCUT2D eigenvalue weighted by molar-refractivity contribution is 5.08. The molecule has 3 heteroatoms. The Labute approximate surface area is 91.9 Å². The summed E-state index contributed by atoms with van der Waals surface area (Å²) >= 11 is 0. The molecule has 0 amide bonds. The summed E-state index contributed by atoms with van der Waals surface area (Å²) in [6.07, 6.45) is 4.54. The third-order valence-corrected chi connectivity index (χ3v) is 3.56. The number of aromatic amines is 1. The third kappa shape index (κ3) is 2.41. The minimum Gasteiger partial charge on any atom is -0.364 e. The lowest BCUT2D eigenvalue weighted by atomic mass is 10.0. The number of hydrogen-bond acceptors (Lipinski definition) is 2. The van der Waals surface area contributed by atoms with Gasteiger partial charge in [0.15, 0.2) is 0 Å². The molecule has 1 aromatic rings. The molecule has 0 spiro atoms. The number of rotatable bonds is 3. The van der Waals surface area contributed by atoms with E-state index < -0.39 is 0 Å². The monoisotopic (exact) mass is 207 g/mol. The molecule has 0 unspecified atom stereocenters. The standard InChI is InChI=1S/C12H21N3/c1-10(12-4-3-7-14-12)15-8-5-11(13-2)6-9-15/h3-4,7,10-11,13-14H,5-6,8-9H2,1-2H3/t10-/m0/s1. The van der Waals surface area contributed by atoms with Crippen LogP contribution in [0.25, 0.3) is 0 Å². The molecule has 1 aliphatic heterocycles. The Morgan fingerprint density at radius 1 is 1.47 bits per heavy atom. The van der Waals surface area contributed by atoms with Crippen molar-refractivity contribution in [3.05, 3.63) is 24.0 Å². The summed E-state index contributed by atoms with van der Waals surface area (Å²) in [5.41, 5.74) is 1.33. The summed E-state index contributed by atoms with van der Waals surface area (Å²) in [6, 6.07) is 5.50. The molecule has 2 N–H and O–H groups in total. The molecule has 0 radical (unpaired) electrons. The number of likely N-dealkylation sites (tertiary alicyclic amines) is 1. The first-order valence-electron chi connectivity index (χ1n) is 5.86. The van der Waals surface area contributed by atoms with Crippen molar-refractivity contribution >= 4 is 0 Å². The number of H-pyrrole nitrogens is 1. The van der Waals surface area contributed by atoms with Crippen molar-refractivity contribution in [3.63, 3.8) is 0 Å². The Morgan fingerprint density at radius 3 is 2.73 bits per heavy atom. The summed E-state index contributed by atoms with van der Waals surface area (Å²) < 4.78 is 0. The lowest BCUT2D eigenvalue weighted by molar-refractivity contribution is 0.153. The van der Waals surface area contributed by atoms with Crippen LogP contribution in [0.4, 0.5) is 0 Å². The van der Waals surface area contributed by atoms with Crippen molar-refractivity contribution in [3.8, 4) is 0 Å². The van der Waals surface area contributed by atoms with Crippen LogP contribution in [0, 0.1) is 0 Å². The molecule has 0 aromatic carbocycles. The molecule has 0 saturated carbocycles.